The van der Waals surface area contributed by atoms with Crippen molar-refractivity contribution in [1.29, 1.82) is 0 Å². The molecule has 0 bridgehead atoms. The fourth-order valence-electron chi connectivity index (χ4n) is 2.82. The van der Waals surface area contributed by atoms with Gasteiger partial charge in [-0.05, 0) is 19.3 Å². The summed E-state index contributed by atoms with van der Waals surface area (Å²) >= 11 is 0. The molecule has 1 aromatic carbocycles. The maximum Gasteiger partial charge on any atom is 0.312 e. The minimum absolute atomic E-state index is 0. The normalized spacial score (nSPS) is 12.9. The van der Waals surface area contributed by atoms with E-state index in [9.17, 15) is 0 Å². The van der Waals surface area contributed by atoms with Crippen molar-refractivity contribution in [2.45, 2.75) is 39.3 Å². The Labute approximate surface area is 162 Å². The van der Waals surface area contributed by atoms with Crippen molar-refractivity contribution in [3.63, 3.8) is 0 Å². The third kappa shape index (κ3) is 7.99. The van der Waals surface area contributed by atoms with Gasteiger partial charge < -0.3 is 0 Å². The van der Waals surface area contributed by atoms with Crippen LogP contribution in [0.2, 0.25) is 39.3 Å². The Kier molecular flexibility index (Phi) is 8.43. The van der Waals surface area contributed by atoms with E-state index in [1.807, 2.05) is 0 Å². The smallest absolute Gasteiger partial charge is 0.0664 e. The molecule has 3 radical (unpaired) electrons. The summed E-state index contributed by atoms with van der Waals surface area (Å²) in [7, 11) is -0.675. The standard InChI is InChI=1S/C14H28BPSi2.Sr.H2/c1-17(2,3)12-16(15,13-18(4,5)6)14-10-8-7-9-11-14;;/h7-12H,13,15H2,1-6H3;;1H/q+1;;. The van der Waals surface area contributed by atoms with E-state index in [0.717, 1.165) is 0 Å². The Morgan fingerprint density at radius 1 is 1.05 bits per heavy atom. The molecule has 19 heavy (non-hydrogen) atoms. The minimum Gasteiger partial charge on any atom is -0.0664 e. The summed E-state index contributed by atoms with van der Waals surface area (Å²) in [6.07, 6.45) is 0. The predicted octanol–water partition coefficient (Wildman–Crippen LogP) is 3.66. The predicted molar refractivity (Wildman–Crippen MR) is 105 cm³/mol. The fourth-order valence-corrected chi connectivity index (χ4v) is 20.9. The first kappa shape index (κ1) is 20.6. The van der Waals surface area contributed by atoms with E-state index in [-0.39, 0.29) is 46.9 Å². The summed E-state index contributed by atoms with van der Waals surface area (Å²) in [6, 6.07) is 11.2. The van der Waals surface area contributed by atoms with Gasteiger partial charge in [-0.2, -0.15) is 0 Å². The quantitative estimate of drug-likeness (QED) is 0.537. The van der Waals surface area contributed by atoms with Crippen LogP contribution in [0.15, 0.2) is 30.3 Å². The number of benzene rings is 1. The van der Waals surface area contributed by atoms with Crippen molar-refractivity contribution < 1.29 is 1.43 Å². The van der Waals surface area contributed by atoms with Crippen molar-refractivity contribution in [2.24, 2.45) is 0 Å². The molecule has 1 unspecified atom stereocenters. The van der Waals surface area contributed by atoms with Gasteiger partial charge in [0.15, 0.2) is 0 Å². The third-order valence-corrected chi connectivity index (χ3v) is 16.1. The third-order valence-electron chi connectivity index (χ3n) is 2.82. The summed E-state index contributed by atoms with van der Waals surface area (Å²) in [5.41, 5.74) is 0. The van der Waals surface area contributed by atoms with Crippen molar-refractivity contribution in [3.8, 4) is 0 Å². The van der Waals surface area contributed by atoms with E-state index in [1.54, 1.807) is 5.30 Å². The molecule has 0 aliphatic carbocycles. The number of hydrogen-bond donors (Lipinski definition) is 0. The van der Waals surface area contributed by atoms with Crippen LogP contribution in [0.4, 0.5) is 0 Å². The van der Waals surface area contributed by atoms with Crippen LogP contribution in [0.1, 0.15) is 1.43 Å². The number of rotatable bonds is 5. The average molecular weight is 384 g/mol. The molecule has 0 aromatic heterocycles. The Morgan fingerprint density at radius 3 is 1.89 bits per heavy atom. The zero-order valence-corrected chi connectivity index (χ0v) is 20.2. The molecule has 0 aliphatic rings. The van der Waals surface area contributed by atoms with E-state index in [0.29, 0.717) is 0 Å². The summed E-state index contributed by atoms with van der Waals surface area (Å²) in [4.78, 5) is 0. The topological polar surface area (TPSA) is 0 Å². The van der Waals surface area contributed by atoms with E-state index in [1.165, 1.54) is 5.79 Å². The van der Waals surface area contributed by atoms with Crippen LogP contribution in [0.5, 0.6) is 0 Å². The van der Waals surface area contributed by atoms with Crippen molar-refractivity contribution in [3.05, 3.63) is 36.1 Å². The summed E-state index contributed by atoms with van der Waals surface area (Å²) in [5.74, 6) is 4.25. The Hall–Kier alpha value is 1.63. The summed E-state index contributed by atoms with van der Waals surface area (Å²) in [5, 5.41) is 1.61. The van der Waals surface area contributed by atoms with Gasteiger partial charge in [0.2, 0.25) is 0 Å². The van der Waals surface area contributed by atoms with Crippen molar-refractivity contribution >= 4 is 81.6 Å². The zero-order chi connectivity index (χ0) is 14.0. The van der Waals surface area contributed by atoms with Gasteiger partial charge in [0.05, 0.1) is 27.2 Å². The molecule has 0 aliphatic heterocycles. The molecule has 0 saturated heterocycles. The van der Waals surface area contributed by atoms with E-state index >= 15 is 0 Å². The van der Waals surface area contributed by atoms with Gasteiger partial charge in [-0.15, -0.1) is 0 Å². The van der Waals surface area contributed by atoms with Crippen LogP contribution in [-0.2, 0) is 0 Å². The Morgan fingerprint density at radius 2 is 1.53 bits per heavy atom. The maximum atomic E-state index is 2.80. The monoisotopic (exact) mass is 384 g/mol. The fraction of sp³-hybridized carbons (Fsp3) is 0.500. The van der Waals surface area contributed by atoms with Crippen LogP contribution < -0.4 is 5.30 Å². The molecule has 103 valence electrons. The molecular formula is C14H30BPSi2Sr+. The molecular weight excluding hydrogens is 354 g/mol. The van der Waals surface area contributed by atoms with E-state index in [2.05, 4.69) is 83.0 Å². The second-order valence-corrected chi connectivity index (χ2v) is 23.0. The molecule has 0 heterocycles. The molecule has 0 saturated carbocycles. The maximum absolute atomic E-state index is 2.80. The van der Waals surface area contributed by atoms with E-state index < -0.39 is 23.3 Å². The first-order valence-corrected chi connectivity index (χ1v) is 16.6. The zero-order valence-electron chi connectivity index (χ0n) is 13.8. The van der Waals surface area contributed by atoms with E-state index in [4.69, 9.17) is 0 Å². The van der Waals surface area contributed by atoms with Crippen LogP contribution in [0.3, 0.4) is 0 Å². The molecule has 0 N–H and O–H groups in total. The molecule has 5 heteroatoms. The molecule has 1 atom stereocenters. The summed E-state index contributed by atoms with van der Waals surface area (Å²) in [6.45, 7) is 14.9. The van der Waals surface area contributed by atoms with Crippen LogP contribution in [0.25, 0.3) is 0 Å². The molecule has 0 spiro atoms. The van der Waals surface area contributed by atoms with Gasteiger partial charge in [0.1, 0.15) is 0 Å². The van der Waals surface area contributed by atoms with Crippen molar-refractivity contribution in [1.82, 2.24) is 0 Å². The minimum atomic E-state index is -1.13. The second kappa shape index (κ2) is 7.76. The molecule has 0 fully saturated rings. The first-order chi connectivity index (χ1) is 8.02. The average Bonchev–Trinajstić information content (AvgIpc) is 2.13. The van der Waals surface area contributed by atoms with Crippen LogP contribution in [-0.4, -0.2) is 75.0 Å². The molecule has 0 amide bonds. The van der Waals surface area contributed by atoms with Crippen LogP contribution >= 0.6 is 7.14 Å². The van der Waals surface area contributed by atoms with Gasteiger partial charge in [0.25, 0.3) is 0 Å². The summed E-state index contributed by atoms with van der Waals surface area (Å²) < 4.78 is 0. The largest absolute Gasteiger partial charge is 0.312 e. The van der Waals surface area contributed by atoms with Gasteiger partial charge in [-0.25, -0.2) is 0 Å². The Balaban J connectivity index is 0. The SMILES string of the molecule is B[P+]([CH][Si](C)(C)C)(C[Si](C)(C)C)c1ccccc1.[HH].[Sr]. The number of hydrogen-bond acceptors (Lipinski definition) is 0. The molecule has 1 aromatic rings. The van der Waals surface area contributed by atoms with Gasteiger partial charge >= 0.3 is 7.57 Å². The van der Waals surface area contributed by atoms with Crippen LogP contribution in [0, 0.1) is 5.79 Å². The van der Waals surface area contributed by atoms with Crippen molar-refractivity contribution in [2.75, 3.05) is 5.79 Å². The second-order valence-electron chi connectivity index (χ2n) is 7.82. The first-order valence-electron chi connectivity index (χ1n) is 6.80. The Bertz CT molecular complexity index is 374. The van der Waals surface area contributed by atoms with Gasteiger partial charge in [0, 0.05) is 52.7 Å². The van der Waals surface area contributed by atoms with Gasteiger partial charge in [-0.3, -0.25) is 0 Å². The van der Waals surface area contributed by atoms with Gasteiger partial charge in [-0.1, -0.05) is 57.5 Å². The molecule has 0 nitrogen and oxygen atoms in total. The molecule has 1 rings (SSSR count).